The molecule has 88 valence electrons. The number of rotatable bonds is 2. The summed E-state index contributed by atoms with van der Waals surface area (Å²) < 4.78 is 5.19. The number of ether oxygens (including phenoxy) is 1. The van der Waals surface area contributed by atoms with E-state index in [1.165, 1.54) is 25.1 Å². The molecule has 1 unspecified atom stereocenters. The van der Waals surface area contributed by atoms with Gasteiger partial charge in [-0.05, 0) is 13.0 Å². The molecule has 1 aliphatic rings. The smallest absolute Gasteiger partial charge is 0.350 e. The maximum atomic E-state index is 10.8. The maximum Gasteiger partial charge on any atom is 0.350 e. The number of aliphatic carboxylic acids is 1. The lowest BCUT2D eigenvalue weighted by Gasteiger charge is -2.20. The minimum absolute atomic E-state index is 0.113. The molecule has 0 bridgehead atoms. The number of nitrogens with zero attached hydrogens (tertiary/aromatic N) is 2. The molecule has 0 amide bonds. The largest absolute Gasteiger partial charge is 0.478 e. The van der Waals surface area contributed by atoms with Crippen LogP contribution in [0.4, 0.5) is 11.4 Å². The Hall–Kier alpha value is -2.44. The minimum atomic E-state index is -1.14. The van der Waals surface area contributed by atoms with Crippen molar-refractivity contribution in [3.63, 3.8) is 0 Å². The SMILES string of the molecule is CC1=Nc2cc([N+](=O)[O-])ccc2OC1C(=O)O. The summed E-state index contributed by atoms with van der Waals surface area (Å²) in [5.41, 5.74) is 0.414. The zero-order valence-corrected chi connectivity index (χ0v) is 8.78. The summed E-state index contributed by atoms with van der Waals surface area (Å²) in [6, 6.07) is 3.84. The number of carbonyl (C=O) groups is 1. The van der Waals surface area contributed by atoms with E-state index in [4.69, 9.17) is 9.84 Å². The van der Waals surface area contributed by atoms with Crippen molar-refractivity contribution in [2.24, 2.45) is 4.99 Å². The molecule has 1 heterocycles. The van der Waals surface area contributed by atoms with Crippen LogP contribution in [0.5, 0.6) is 5.75 Å². The van der Waals surface area contributed by atoms with Gasteiger partial charge in [-0.25, -0.2) is 9.79 Å². The monoisotopic (exact) mass is 236 g/mol. The molecule has 0 radical (unpaired) electrons. The van der Waals surface area contributed by atoms with E-state index in [0.29, 0.717) is 0 Å². The van der Waals surface area contributed by atoms with Crippen LogP contribution < -0.4 is 4.74 Å². The molecule has 1 aromatic carbocycles. The third kappa shape index (κ3) is 1.94. The summed E-state index contributed by atoms with van der Waals surface area (Å²) in [7, 11) is 0. The third-order valence-electron chi connectivity index (χ3n) is 2.30. The molecule has 0 aromatic heterocycles. The second-order valence-corrected chi connectivity index (χ2v) is 3.50. The highest BCUT2D eigenvalue weighted by Crippen LogP contribution is 2.35. The molecule has 0 aliphatic carbocycles. The van der Waals surface area contributed by atoms with Gasteiger partial charge in [-0.3, -0.25) is 10.1 Å². The number of carboxylic acid groups (broad SMARTS) is 1. The van der Waals surface area contributed by atoms with Gasteiger partial charge in [0.1, 0.15) is 11.4 Å². The summed E-state index contributed by atoms with van der Waals surface area (Å²) in [6.07, 6.45) is -1.14. The van der Waals surface area contributed by atoms with Crippen LogP contribution in [0.2, 0.25) is 0 Å². The Morgan fingerprint density at radius 3 is 2.88 bits per heavy atom. The second-order valence-electron chi connectivity index (χ2n) is 3.50. The van der Waals surface area contributed by atoms with Crippen LogP contribution in [0.3, 0.4) is 0 Å². The van der Waals surface area contributed by atoms with Crippen LogP contribution in [0, 0.1) is 10.1 Å². The van der Waals surface area contributed by atoms with Gasteiger partial charge in [-0.2, -0.15) is 0 Å². The van der Waals surface area contributed by atoms with E-state index in [-0.39, 0.29) is 22.8 Å². The fourth-order valence-electron chi connectivity index (χ4n) is 1.50. The molecule has 0 saturated carbocycles. The van der Waals surface area contributed by atoms with Crippen molar-refractivity contribution in [3.8, 4) is 5.75 Å². The van der Waals surface area contributed by atoms with Crippen molar-refractivity contribution >= 4 is 23.1 Å². The Balaban J connectivity index is 2.45. The van der Waals surface area contributed by atoms with Crippen molar-refractivity contribution in [1.82, 2.24) is 0 Å². The average Bonchev–Trinajstić information content (AvgIpc) is 2.26. The Kier molecular flexibility index (Phi) is 2.51. The first-order chi connectivity index (χ1) is 7.99. The summed E-state index contributed by atoms with van der Waals surface area (Å²) >= 11 is 0. The molecule has 0 fully saturated rings. The zero-order chi connectivity index (χ0) is 12.6. The van der Waals surface area contributed by atoms with E-state index < -0.39 is 17.0 Å². The van der Waals surface area contributed by atoms with E-state index in [1.54, 1.807) is 0 Å². The first-order valence-corrected chi connectivity index (χ1v) is 4.72. The third-order valence-corrected chi connectivity index (χ3v) is 2.30. The number of benzene rings is 1. The molecule has 7 nitrogen and oxygen atoms in total. The van der Waals surface area contributed by atoms with Gasteiger partial charge < -0.3 is 9.84 Å². The Morgan fingerprint density at radius 1 is 1.59 bits per heavy atom. The van der Waals surface area contributed by atoms with Crippen LogP contribution in [0.25, 0.3) is 0 Å². The molecule has 2 rings (SSSR count). The lowest BCUT2D eigenvalue weighted by Crippen LogP contribution is -2.35. The summed E-state index contributed by atoms with van der Waals surface area (Å²) in [6.45, 7) is 1.50. The highest BCUT2D eigenvalue weighted by molar-refractivity contribution is 6.05. The summed E-state index contributed by atoms with van der Waals surface area (Å²) in [5, 5.41) is 19.4. The maximum absolute atomic E-state index is 10.8. The first kappa shape index (κ1) is 11.1. The molecule has 1 aliphatic heterocycles. The van der Waals surface area contributed by atoms with Crippen LogP contribution in [0.15, 0.2) is 23.2 Å². The molecular weight excluding hydrogens is 228 g/mol. The van der Waals surface area contributed by atoms with Gasteiger partial charge in [0.25, 0.3) is 5.69 Å². The van der Waals surface area contributed by atoms with Gasteiger partial charge in [0.2, 0.25) is 6.10 Å². The summed E-state index contributed by atoms with van der Waals surface area (Å²) in [4.78, 5) is 24.8. The molecule has 0 spiro atoms. The molecule has 1 atom stereocenters. The van der Waals surface area contributed by atoms with Crippen molar-refractivity contribution in [1.29, 1.82) is 0 Å². The number of hydrogen-bond acceptors (Lipinski definition) is 5. The van der Waals surface area contributed by atoms with Crippen molar-refractivity contribution in [3.05, 3.63) is 28.3 Å². The van der Waals surface area contributed by atoms with Crippen molar-refractivity contribution in [2.75, 3.05) is 0 Å². The molecule has 0 saturated heterocycles. The standard InChI is InChI=1S/C10H8N2O5/c1-5-9(10(13)14)17-8-3-2-6(12(15)16)4-7(8)11-5/h2-4,9H,1H3,(H,13,14). The van der Waals surface area contributed by atoms with E-state index in [1.807, 2.05) is 0 Å². The van der Waals surface area contributed by atoms with E-state index >= 15 is 0 Å². The molecule has 7 heteroatoms. The predicted octanol–water partition coefficient (Wildman–Crippen LogP) is 1.53. The minimum Gasteiger partial charge on any atom is -0.478 e. The van der Waals surface area contributed by atoms with Gasteiger partial charge >= 0.3 is 5.97 Å². The van der Waals surface area contributed by atoms with E-state index in [0.717, 1.165) is 0 Å². The highest BCUT2D eigenvalue weighted by Gasteiger charge is 2.28. The number of fused-ring (bicyclic) bond motifs is 1. The second kappa shape index (κ2) is 3.85. The number of nitro benzene ring substituents is 1. The highest BCUT2D eigenvalue weighted by atomic mass is 16.6. The van der Waals surface area contributed by atoms with Crippen LogP contribution in [-0.2, 0) is 4.79 Å². The fraction of sp³-hybridized carbons (Fsp3) is 0.200. The zero-order valence-electron chi connectivity index (χ0n) is 8.78. The van der Waals surface area contributed by atoms with Crippen LogP contribution in [0.1, 0.15) is 6.92 Å². The predicted molar refractivity (Wildman–Crippen MR) is 57.9 cm³/mol. The first-order valence-electron chi connectivity index (χ1n) is 4.72. The number of hydrogen-bond donors (Lipinski definition) is 1. The van der Waals surface area contributed by atoms with Crippen LogP contribution in [-0.4, -0.2) is 27.8 Å². The molecule has 1 aromatic rings. The average molecular weight is 236 g/mol. The lowest BCUT2D eigenvalue weighted by atomic mass is 10.1. The molecular formula is C10H8N2O5. The van der Waals surface area contributed by atoms with Gasteiger partial charge in [0, 0.05) is 12.1 Å². The Bertz CT molecular complexity index is 537. The topological polar surface area (TPSA) is 102 Å². The summed E-state index contributed by atoms with van der Waals surface area (Å²) in [5.74, 6) is -0.913. The van der Waals surface area contributed by atoms with Gasteiger partial charge in [-0.1, -0.05) is 0 Å². The van der Waals surface area contributed by atoms with E-state index in [2.05, 4.69) is 4.99 Å². The Labute approximate surface area is 95.5 Å². The lowest BCUT2D eigenvalue weighted by molar-refractivity contribution is -0.384. The number of nitro groups is 1. The fourth-order valence-corrected chi connectivity index (χ4v) is 1.50. The number of non-ortho nitro benzene ring substituents is 1. The van der Waals surface area contributed by atoms with Crippen molar-refractivity contribution < 1.29 is 19.6 Å². The van der Waals surface area contributed by atoms with Crippen LogP contribution >= 0.6 is 0 Å². The van der Waals surface area contributed by atoms with Gasteiger partial charge in [-0.15, -0.1) is 0 Å². The van der Waals surface area contributed by atoms with Gasteiger partial charge in [0.05, 0.1) is 10.6 Å². The van der Waals surface area contributed by atoms with Gasteiger partial charge in [0.15, 0.2) is 0 Å². The normalized spacial score (nSPS) is 17.7. The molecule has 17 heavy (non-hydrogen) atoms. The molecule has 1 N–H and O–H groups in total. The quantitative estimate of drug-likeness (QED) is 0.619. The van der Waals surface area contributed by atoms with E-state index in [9.17, 15) is 14.9 Å². The number of carboxylic acids is 1. The number of aliphatic imine (C=N–C) groups is 1. The Morgan fingerprint density at radius 2 is 2.29 bits per heavy atom. The van der Waals surface area contributed by atoms with Crippen molar-refractivity contribution in [2.45, 2.75) is 13.0 Å².